The van der Waals surface area contributed by atoms with Crippen LogP contribution in [-0.4, -0.2) is 5.97 Å². The average molecular weight is 316 g/mol. The van der Waals surface area contributed by atoms with Gasteiger partial charge >= 0.3 is 5.97 Å². The molecule has 114 valence electrons. The third-order valence-corrected chi connectivity index (χ3v) is 5.03. The van der Waals surface area contributed by atoms with E-state index in [1.807, 2.05) is 18.2 Å². The standard InChI is InChI=1S/C18H17FO2S/c19-21-18(20)12-14-6-4-5-13-11-16(9-10-17(13)14)22-15-7-2-1-3-8-15/h1-3,7-11,14H,4-6,12H2/t14-/m0/s1. The van der Waals surface area contributed by atoms with Crippen LogP contribution in [0.4, 0.5) is 4.53 Å². The van der Waals surface area contributed by atoms with Crippen LogP contribution in [0.25, 0.3) is 0 Å². The molecule has 0 spiro atoms. The van der Waals surface area contributed by atoms with Gasteiger partial charge in [-0.3, -0.25) is 4.94 Å². The van der Waals surface area contributed by atoms with Crippen molar-refractivity contribution in [2.75, 3.05) is 0 Å². The maximum absolute atomic E-state index is 12.0. The predicted molar refractivity (Wildman–Crippen MR) is 84.5 cm³/mol. The summed E-state index contributed by atoms with van der Waals surface area (Å²) < 4.78 is 12.0. The first kappa shape index (κ1) is 15.1. The van der Waals surface area contributed by atoms with Gasteiger partial charge in [0.1, 0.15) is 0 Å². The van der Waals surface area contributed by atoms with Gasteiger partial charge in [-0.05, 0) is 60.6 Å². The topological polar surface area (TPSA) is 26.3 Å². The summed E-state index contributed by atoms with van der Waals surface area (Å²) in [5.74, 6) is -0.705. The Kier molecular flexibility index (Phi) is 4.78. The quantitative estimate of drug-likeness (QED) is 0.787. The zero-order valence-corrected chi connectivity index (χ0v) is 12.9. The second-order valence-electron chi connectivity index (χ2n) is 5.52. The predicted octanol–water partition coefficient (Wildman–Crippen LogP) is 5.08. The van der Waals surface area contributed by atoms with E-state index in [0.717, 1.165) is 24.8 Å². The van der Waals surface area contributed by atoms with Crippen molar-refractivity contribution in [3.8, 4) is 0 Å². The second-order valence-corrected chi connectivity index (χ2v) is 6.67. The van der Waals surface area contributed by atoms with E-state index in [0.29, 0.717) is 0 Å². The summed E-state index contributed by atoms with van der Waals surface area (Å²) >= 11 is 1.73. The molecule has 1 aliphatic carbocycles. The van der Waals surface area contributed by atoms with Gasteiger partial charge in [0.25, 0.3) is 0 Å². The Morgan fingerprint density at radius 2 is 2.00 bits per heavy atom. The molecule has 0 aliphatic heterocycles. The number of hydrogen-bond donors (Lipinski definition) is 0. The third-order valence-electron chi connectivity index (χ3n) is 4.03. The van der Waals surface area contributed by atoms with Crippen molar-refractivity contribution in [3.63, 3.8) is 0 Å². The van der Waals surface area contributed by atoms with Gasteiger partial charge in [-0.2, -0.15) is 0 Å². The Morgan fingerprint density at radius 1 is 1.18 bits per heavy atom. The number of fused-ring (bicyclic) bond motifs is 1. The highest BCUT2D eigenvalue weighted by Gasteiger charge is 2.24. The van der Waals surface area contributed by atoms with Crippen LogP contribution < -0.4 is 0 Å². The van der Waals surface area contributed by atoms with E-state index in [9.17, 15) is 9.32 Å². The van der Waals surface area contributed by atoms with Crippen LogP contribution in [0.5, 0.6) is 0 Å². The number of rotatable bonds is 4. The summed E-state index contributed by atoms with van der Waals surface area (Å²) in [6, 6.07) is 16.6. The summed E-state index contributed by atoms with van der Waals surface area (Å²) in [4.78, 5) is 16.9. The smallest absolute Gasteiger partial charge is 0.255 e. The minimum Gasteiger partial charge on any atom is -0.255 e. The minimum atomic E-state index is -0.777. The van der Waals surface area contributed by atoms with Crippen molar-refractivity contribution >= 4 is 17.7 Å². The molecule has 0 amide bonds. The molecule has 2 nitrogen and oxygen atoms in total. The van der Waals surface area contributed by atoms with Crippen molar-refractivity contribution in [2.24, 2.45) is 0 Å². The number of halogens is 1. The van der Waals surface area contributed by atoms with E-state index < -0.39 is 5.97 Å². The van der Waals surface area contributed by atoms with Gasteiger partial charge in [0.15, 0.2) is 0 Å². The Balaban J connectivity index is 1.79. The summed E-state index contributed by atoms with van der Waals surface area (Å²) in [5.41, 5.74) is 2.43. The molecule has 0 bridgehead atoms. The minimum absolute atomic E-state index is 0.0720. The largest absolute Gasteiger partial charge is 0.349 e. The lowest BCUT2D eigenvalue weighted by molar-refractivity contribution is -0.184. The average Bonchev–Trinajstić information content (AvgIpc) is 2.56. The van der Waals surface area contributed by atoms with Gasteiger partial charge in [-0.25, -0.2) is 4.79 Å². The fourth-order valence-corrected chi connectivity index (χ4v) is 3.93. The van der Waals surface area contributed by atoms with E-state index in [1.54, 1.807) is 11.8 Å². The van der Waals surface area contributed by atoms with Gasteiger partial charge < -0.3 is 0 Å². The molecule has 1 aliphatic rings. The highest BCUT2D eigenvalue weighted by molar-refractivity contribution is 7.99. The molecule has 0 aromatic heterocycles. The van der Waals surface area contributed by atoms with Crippen molar-refractivity contribution < 1.29 is 14.3 Å². The molecular weight excluding hydrogens is 299 g/mol. The van der Waals surface area contributed by atoms with Crippen LogP contribution in [0.15, 0.2) is 58.3 Å². The van der Waals surface area contributed by atoms with Crippen molar-refractivity contribution in [1.29, 1.82) is 0 Å². The number of carbonyl (C=O) groups is 1. The Labute approximate surface area is 133 Å². The zero-order valence-electron chi connectivity index (χ0n) is 12.1. The molecule has 2 aromatic rings. The maximum Gasteiger partial charge on any atom is 0.349 e. The number of hydrogen-bond acceptors (Lipinski definition) is 3. The fraction of sp³-hybridized carbons (Fsp3) is 0.278. The fourth-order valence-electron chi connectivity index (χ4n) is 3.02. The van der Waals surface area contributed by atoms with E-state index in [1.165, 1.54) is 15.4 Å². The van der Waals surface area contributed by atoms with Crippen LogP contribution in [-0.2, 0) is 16.2 Å². The lowest BCUT2D eigenvalue weighted by atomic mass is 9.81. The van der Waals surface area contributed by atoms with Gasteiger partial charge in [0.05, 0.1) is 6.42 Å². The van der Waals surface area contributed by atoms with Crippen molar-refractivity contribution in [3.05, 3.63) is 59.7 Å². The number of carbonyl (C=O) groups excluding carboxylic acids is 1. The molecule has 3 rings (SSSR count). The van der Waals surface area contributed by atoms with Gasteiger partial charge in [-0.15, -0.1) is 0 Å². The molecule has 0 fully saturated rings. The lowest BCUT2D eigenvalue weighted by Gasteiger charge is -2.24. The number of aryl methyl sites for hydroxylation is 1. The van der Waals surface area contributed by atoms with E-state index in [-0.39, 0.29) is 12.3 Å². The van der Waals surface area contributed by atoms with Crippen LogP contribution in [0.2, 0.25) is 0 Å². The molecular formula is C18H17FO2S. The van der Waals surface area contributed by atoms with E-state index in [2.05, 4.69) is 35.3 Å². The van der Waals surface area contributed by atoms with Gasteiger partial charge in [0.2, 0.25) is 0 Å². The molecule has 0 N–H and O–H groups in total. The molecule has 0 saturated heterocycles. The van der Waals surface area contributed by atoms with Gasteiger partial charge in [-0.1, -0.05) is 36.0 Å². The summed E-state index contributed by atoms with van der Waals surface area (Å²) in [5, 5.41) is 0. The molecule has 0 radical (unpaired) electrons. The summed E-state index contributed by atoms with van der Waals surface area (Å²) in [6.45, 7) is 0. The summed E-state index contributed by atoms with van der Waals surface area (Å²) in [6.07, 6.45) is 3.07. The van der Waals surface area contributed by atoms with Crippen LogP contribution in [0.1, 0.15) is 36.3 Å². The van der Waals surface area contributed by atoms with Crippen LogP contribution in [0.3, 0.4) is 0 Å². The van der Waals surface area contributed by atoms with E-state index in [4.69, 9.17) is 0 Å². The monoisotopic (exact) mass is 316 g/mol. The molecule has 1 atom stereocenters. The summed E-state index contributed by atoms with van der Waals surface area (Å²) in [7, 11) is 0. The molecule has 0 heterocycles. The first-order valence-corrected chi connectivity index (χ1v) is 8.25. The highest BCUT2D eigenvalue weighted by Crippen LogP contribution is 2.37. The Hall–Kier alpha value is -1.81. The maximum atomic E-state index is 12.0. The van der Waals surface area contributed by atoms with E-state index >= 15 is 0 Å². The second kappa shape index (κ2) is 6.97. The van der Waals surface area contributed by atoms with Crippen LogP contribution >= 0.6 is 11.8 Å². The lowest BCUT2D eigenvalue weighted by Crippen LogP contribution is -2.14. The SMILES string of the molecule is O=C(C[C@@H]1CCCc2cc(Sc3ccccc3)ccc21)OF. The molecule has 22 heavy (non-hydrogen) atoms. The first-order valence-electron chi connectivity index (χ1n) is 7.43. The normalized spacial score (nSPS) is 16.9. The molecule has 0 unspecified atom stereocenters. The van der Waals surface area contributed by atoms with Crippen molar-refractivity contribution in [1.82, 2.24) is 0 Å². The van der Waals surface area contributed by atoms with Crippen LogP contribution in [0, 0.1) is 0 Å². The number of benzene rings is 2. The van der Waals surface area contributed by atoms with Gasteiger partial charge in [0, 0.05) is 14.3 Å². The highest BCUT2D eigenvalue weighted by atomic mass is 32.2. The van der Waals surface area contributed by atoms with Crippen molar-refractivity contribution in [2.45, 2.75) is 41.4 Å². The Morgan fingerprint density at radius 3 is 2.77 bits per heavy atom. The molecule has 2 aromatic carbocycles. The first-order chi connectivity index (χ1) is 10.8. The Bertz CT molecular complexity index is 657. The molecule has 4 heteroatoms. The third kappa shape index (κ3) is 3.50. The zero-order chi connectivity index (χ0) is 15.4. The molecule has 0 saturated carbocycles.